The minimum atomic E-state index is 0.0657. The molecule has 0 aromatic heterocycles. The average Bonchev–Trinajstić information content (AvgIpc) is 2.56. The van der Waals surface area contributed by atoms with Crippen molar-refractivity contribution in [3.05, 3.63) is 0 Å². The topological polar surface area (TPSA) is 21.6 Å². The fourth-order valence-corrected chi connectivity index (χ4v) is 2.72. The summed E-state index contributed by atoms with van der Waals surface area (Å²) in [6, 6.07) is 0. The second kappa shape index (κ2) is 2.99. The van der Waals surface area contributed by atoms with Crippen LogP contribution >= 0.6 is 0 Å². The molecule has 0 N–H and O–H groups in total. The second-order valence-electron chi connectivity index (χ2n) is 7.02. The zero-order valence-electron chi connectivity index (χ0n) is 10.7. The van der Waals surface area contributed by atoms with Gasteiger partial charge in [0.25, 0.3) is 0 Å². The van der Waals surface area contributed by atoms with Crippen LogP contribution in [0.5, 0.6) is 0 Å². The van der Waals surface area contributed by atoms with E-state index in [4.69, 9.17) is 9.73 Å². The summed E-state index contributed by atoms with van der Waals surface area (Å²) in [5.41, 5.74) is 0.628. The van der Waals surface area contributed by atoms with Gasteiger partial charge in [0.15, 0.2) is 5.90 Å². The predicted octanol–water partition coefficient (Wildman–Crippen LogP) is 3.41. The van der Waals surface area contributed by atoms with Crippen molar-refractivity contribution in [2.24, 2.45) is 15.8 Å². The molecule has 1 aliphatic heterocycles. The maximum Gasteiger partial charge on any atom is 0.189 e. The standard InChI is InChI=1S/C13H23NO/c1-11(2,3)10-14-13(9-15-10)7-6-12(4,5)8-13/h6-9H2,1-5H3. The maximum absolute atomic E-state index is 5.80. The van der Waals surface area contributed by atoms with Crippen molar-refractivity contribution in [1.82, 2.24) is 0 Å². The minimum Gasteiger partial charge on any atom is -0.478 e. The molecule has 0 aromatic rings. The molecule has 0 saturated heterocycles. The van der Waals surface area contributed by atoms with E-state index in [1.165, 1.54) is 19.3 Å². The van der Waals surface area contributed by atoms with E-state index in [1.54, 1.807) is 0 Å². The molecule has 2 heteroatoms. The smallest absolute Gasteiger partial charge is 0.189 e. The van der Waals surface area contributed by atoms with Crippen molar-refractivity contribution in [3.8, 4) is 0 Å². The molecule has 1 saturated carbocycles. The van der Waals surface area contributed by atoms with Gasteiger partial charge >= 0.3 is 0 Å². The number of nitrogens with zero attached hydrogens (tertiary/aromatic N) is 1. The first-order chi connectivity index (χ1) is 6.73. The van der Waals surface area contributed by atoms with Gasteiger partial charge in [-0.05, 0) is 24.7 Å². The van der Waals surface area contributed by atoms with E-state index in [0.717, 1.165) is 12.5 Å². The van der Waals surface area contributed by atoms with Gasteiger partial charge in [-0.25, -0.2) is 4.99 Å². The van der Waals surface area contributed by atoms with Gasteiger partial charge in [-0.2, -0.15) is 0 Å². The average molecular weight is 209 g/mol. The summed E-state index contributed by atoms with van der Waals surface area (Å²) in [5, 5.41) is 0. The molecule has 1 heterocycles. The fraction of sp³-hybridized carbons (Fsp3) is 0.923. The van der Waals surface area contributed by atoms with Crippen LogP contribution in [-0.4, -0.2) is 18.0 Å². The van der Waals surface area contributed by atoms with Gasteiger partial charge in [-0.1, -0.05) is 34.6 Å². The lowest BCUT2D eigenvalue weighted by Crippen LogP contribution is -2.25. The second-order valence-corrected chi connectivity index (χ2v) is 7.02. The van der Waals surface area contributed by atoms with Gasteiger partial charge in [-0.3, -0.25) is 0 Å². The summed E-state index contributed by atoms with van der Waals surface area (Å²) < 4.78 is 5.80. The van der Waals surface area contributed by atoms with Gasteiger partial charge in [0.05, 0.1) is 5.54 Å². The van der Waals surface area contributed by atoms with E-state index in [-0.39, 0.29) is 11.0 Å². The Bertz CT molecular complexity index is 298. The van der Waals surface area contributed by atoms with Crippen LogP contribution < -0.4 is 0 Å². The molecule has 1 atom stereocenters. The predicted molar refractivity (Wildman–Crippen MR) is 63.2 cm³/mol. The summed E-state index contributed by atoms with van der Waals surface area (Å²) >= 11 is 0. The molecule has 2 rings (SSSR count). The highest BCUT2D eigenvalue weighted by molar-refractivity contribution is 5.83. The SMILES string of the molecule is CC1(C)CCC2(COC(C(C)(C)C)=N2)C1. The van der Waals surface area contributed by atoms with Crippen molar-refractivity contribution >= 4 is 5.90 Å². The monoisotopic (exact) mass is 209 g/mol. The zero-order valence-corrected chi connectivity index (χ0v) is 10.7. The first-order valence-corrected chi connectivity index (χ1v) is 5.96. The molecular weight excluding hydrogens is 186 g/mol. The first kappa shape index (κ1) is 11.0. The molecular formula is C13H23NO. The third kappa shape index (κ3) is 2.04. The molecule has 1 spiro atoms. The highest BCUT2D eigenvalue weighted by atomic mass is 16.5. The maximum atomic E-state index is 5.80. The van der Waals surface area contributed by atoms with Crippen LogP contribution in [0.1, 0.15) is 53.9 Å². The van der Waals surface area contributed by atoms with Crippen LogP contribution in [0.25, 0.3) is 0 Å². The van der Waals surface area contributed by atoms with Crippen molar-refractivity contribution in [3.63, 3.8) is 0 Å². The molecule has 0 aromatic carbocycles. The van der Waals surface area contributed by atoms with Crippen LogP contribution in [0.4, 0.5) is 0 Å². The van der Waals surface area contributed by atoms with Crippen molar-refractivity contribution in [2.75, 3.05) is 6.61 Å². The van der Waals surface area contributed by atoms with Crippen LogP contribution in [0.15, 0.2) is 4.99 Å². The van der Waals surface area contributed by atoms with Crippen LogP contribution in [0, 0.1) is 10.8 Å². The summed E-state index contributed by atoms with van der Waals surface area (Å²) in [7, 11) is 0. The lowest BCUT2D eigenvalue weighted by atomic mass is 9.88. The lowest BCUT2D eigenvalue weighted by molar-refractivity contribution is 0.226. The Morgan fingerprint density at radius 1 is 1.20 bits per heavy atom. The molecule has 1 fully saturated rings. The van der Waals surface area contributed by atoms with Crippen LogP contribution in [0.2, 0.25) is 0 Å². The molecule has 1 aliphatic carbocycles. The molecule has 0 radical (unpaired) electrons. The number of hydrogen-bond acceptors (Lipinski definition) is 2. The third-order valence-corrected chi connectivity index (χ3v) is 3.53. The van der Waals surface area contributed by atoms with Crippen LogP contribution in [-0.2, 0) is 4.74 Å². The Labute approximate surface area is 93.1 Å². The largest absolute Gasteiger partial charge is 0.478 e. The molecule has 0 amide bonds. The normalized spacial score (nSPS) is 34.3. The van der Waals surface area contributed by atoms with E-state index < -0.39 is 0 Å². The Morgan fingerprint density at radius 3 is 2.27 bits per heavy atom. The highest BCUT2D eigenvalue weighted by Crippen LogP contribution is 2.48. The van der Waals surface area contributed by atoms with Gasteiger partial charge < -0.3 is 4.74 Å². The van der Waals surface area contributed by atoms with Gasteiger partial charge in [0.1, 0.15) is 6.61 Å². The van der Waals surface area contributed by atoms with Gasteiger partial charge in [0, 0.05) is 5.41 Å². The van der Waals surface area contributed by atoms with E-state index in [1.807, 2.05) is 0 Å². The zero-order chi connectivity index (χ0) is 11.3. The minimum absolute atomic E-state index is 0.0657. The Hall–Kier alpha value is -0.530. The molecule has 15 heavy (non-hydrogen) atoms. The van der Waals surface area contributed by atoms with E-state index in [0.29, 0.717) is 5.41 Å². The summed E-state index contributed by atoms with van der Waals surface area (Å²) in [5.74, 6) is 0.959. The van der Waals surface area contributed by atoms with E-state index >= 15 is 0 Å². The van der Waals surface area contributed by atoms with E-state index in [2.05, 4.69) is 34.6 Å². The number of rotatable bonds is 0. The molecule has 86 valence electrons. The third-order valence-electron chi connectivity index (χ3n) is 3.53. The number of aliphatic imine (C=N–C) groups is 1. The van der Waals surface area contributed by atoms with Crippen LogP contribution in [0.3, 0.4) is 0 Å². The van der Waals surface area contributed by atoms with Gasteiger partial charge in [-0.15, -0.1) is 0 Å². The van der Waals surface area contributed by atoms with E-state index in [9.17, 15) is 0 Å². The number of ether oxygens (including phenoxy) is 1. The van der Waals surface area contributed by atoms with Gasteiger partial charge in [0.2, 0.25) is 0 Å². The summed E-state index contributed by atoms with van der Waals surface area (Å²) in [6.45, 7) is 12.0. The molecule has 0 bridgehead atoms. The highest BCUT2D eigenvalue weighted by Gasteiger charge is 2.48. The Morgan fingerprint density at radius 2 is 1.87 bits per heavy atom. The summed E-state index contributed by atoms with van der Waals surface area (Å²) in [4.78, 5) is 4.88. The van der Waals surface area contributed by atoms with Crippen molar-refractivity contribution in [2.45, 2.75) is 59.4 Å². The van der Waals surface area contributed by atoms with Crippen molar-refractivity contribution < 1.29 is 4.74 Å². The quantitative estimate of drug-likeness (QED) is 0.599. The lowest BCUT2D eigenvalue weighted by Gasteiger charge is -2.21. The fourth-order valence-electron chi connectivity index (χ4n) is 2.72. The van der Waals surface area contributed by atoms with Crippen molar-refractivity contribution in [1.29, 1.82) is 0 Å². The number of hydrogen-bond donors (Lipinski definition) is 0. The molecule has 2 aliphatic rings. The first-order valence-electron chi connectivity index (χ1n) is 5.96. The summed E-state index contributed by atoms with van der Waals surface area (Å²) in [6.07, 6.45) is 3.65. The Balaban J connectivity index is 2.19. The molecule has 2 nitrogen and oxygen atoms in total. The Kier molecular flexibility index (Phi) is 2.19. The molecule has 1 unspecified atom stereocenters.